The molecule has 1 aliphatic heterocycles. The molecule has 1 aliphatic rings. The summed E-state index contributed by atoms with van der Waals surface area (Å²) in [5.41, 5.74) is 1.40. The first-order valence-corrected chi connectivity index (χ1v) is 9.80. The molecule has 1 saturated heterocycles. The van der Waals surface area contributed by atoms with Crippen LogP contribution >= 0.6 is 23.5 Å². The van der Waals surface area contributed by atoms with Crippen LogP contribution in [-0.2, 0) is 6.42 Å². The number of hydrogen-bond donors (Lipinski definition) is 1. The molecule has 0 aromatic carbocycles. The van der Waals surface area contributed by atoms with E-state index in [2.05, 4.69) is 59.8 Å². The maximum atomic E-state index is 4.13. The summed E-state index contributed by atoms with van der Waals surface area (Å²) in [6.45, 7) is 5.70. The number of rotatable bonds is 7. The third kappa shape index (κ3) is 4.68. The van der Waals surface area contributed by atoms with Gasteiger partial charge in [0, 0.05) is 40.4 Å². The van der Waals surface area contributed by atoms with E-state index in [0.717, 1.165) is 23.5 Å². The van der Waals surface area contributed by atoms with E-state index in [1.165, 1.54) is 29.9 Å². The second-order valence-corrected chi connectivity index (χ2v) is 7.91. The molecule has 4 heteroatoms. The highest BCUT2D eigenvalue weighted by molar-refractivity contribution is 8.07. The molecule has 0 aliphatic carbocycles. The second-order valence-electron chi connectivity index (χ2n) is 5.27. The first-order chi connectivity index (χ1) is 9.85. The van der Waals surface area contributed by atoms with Crippen LogP contribution in [0.5, 0.6) is 0 Å². The molecular weight excluding hydrogens is 284 g/mol. The van der Waals surface area contributed by atoms with Gasteiger partial charge in [0.1, 0.15) is 0 Å². The predicted molar refractivity (Wildman–Crippen MR) is 92.8 cm³/mol. The summed E-state index contributed by atoms with van der Waals surface area (Å²) < 4.78 is 0. The molecule has 1 aromatic heterocycles. The SMILES string of the molecule is CCCNC(Cc1ccncc1)C1SCCSC1CC. The van der Waals surface area contributed by atoms with Crippen LogP contribution < -0.4 is 5.32 Å². The van der Waals surface area contributed by atoms with Crippen LogP contribution in [0, 0.1) is 0 Å². The van der Waals surface area contributed by atoms with Crippen LogP contribution in [0.4, 0.5) is 0 Å². The first kappa shape index (κ1) is 16.2. The average molecular weight is 311 g/mol. The Morgan fingerprint density at radius 3 is 2.70 bits per heavy atom. The Hall–Kier alpha value is -0.190. The fraction of sp³-hybridized carbons (Fsp3) is 0.688. The lowest BCUT2D eigenvalue weighted by Crippen LogP contribution is -2.46. The van der Waals surface area contributed by atoms with Crippen molar-refractivity contribution < 1.29 is 0 Å². The van der Waals surface area contributed by atoms with Crippen molar-refractivity contribution in [2.24, 2.45) is 0 Å². The molecule has 20 heavy (non-hydrogen) atoms. The topological polar surface area (TPSA) is 24.9 Å². The third-order valence-corrected chi connectivity index (χ3v) is 7.16. The Bertz CT molecular complexity index is 372. The Morgan fingerprint density at radius 2 is 2.00 bits per heavy atom. The van der Waals surface area contributed by atoms with Crippen molar-refractivity contribution >= 4 is 23.5 Å². The van der Waals surface area contributed by atoms with Gasteiger partial charge in [0.2, 0.25) is 0 Å². The molecule has 2 rings (SSSR count). The van der Waals surface area contributed by atoms with Gasteiger partial charge >= 0.3 is 0 Å². The summed E-state index contributed by atoms with van der Waals surface area (Å²) in [5, 5.41) is 5.33. The Labute approximate surface area is 131 Å². The molecule has 0 radical (unpaired) electrons. The predicted octanol–water partition coefficient (Wildman–Crippen LogP) is 3.62. The lowest BCUT2D eigenvalue weighted by molar-refractivity contribution is 0.477. The van der Waals surface area contributed by atoms with Crippen LogP contribution in [0.2, 0.25) is 0 Å². The number of nitrogens with zero attached hydrogens (tertiary/aromatic N) is 1. The van der Waals surface area contributed by atoms with Gasteiger partial charge in [0.15, 0.2) is 0 Å². The number of thioether (sulfide) groups is 2. The van der Waals surface area contributed by atoms with Gasteiger partial charge < -0.3 is 5.32 Å². The van der Waals surface area contributed by atoms with Crippen LogP contribution in [0.25, 0.3) is 0 Å². The standard InChI is InChI=1S/C16H26N2S2/c1-3-7-18-14(12-13-5-8-17-9-6-13)16-15(4-2)19-10-11-20-16/h5-6,8-9,14-16,18H,3-4,7,10-12H2,1-2H3. The molecule has 2 heterocycles. The number of nitrogens with one attached hydrogen (secondary N) is 1. The van der Waals surface area contributed by atoms with E-state index in [1.807, 2.05) is 12.4 Å². The molecule has 112 valence electrons. The zero-order valence-corrected chi connectivity index (χ0v) is 14.2. The third-order valence-electron chi connectivity index (χ3n) is 3.75. The molecule has 0 amide bonds. The lowest BCUT2D eigenvalue weighted by atomic mass is 10.0. The van der Waals surface area contributed by atoms with Gasteiger partial charge in [-0.2, -0.15) is 23.5 Å². The van der Waals surface area contributed by atoms with Crippen LogP contribution in [0.15, 0.2) is 24.5 Å². The summed E-state index contributed by atoms with van der Waals surface area (Å²) in [5.74, 6) is 2.61. The highest BCUT2D eigenvalue weighted by atomic mass is 32.2. The second kappa shape index (κ2) is 8.96. The summed E-state index contributed by atoms with van der Waals surface area (Å²) >= 11 is 4.35. The van der Waals surface area contributed by atoms with Crippen molar-refractivity contribution in [3.05, 3.63) is 30.1 Å². The minimum Gasteiger partial charge on any atom is -0.313 e. The fourth-order valence-electron chi connectivity index (χ4n) is 2.72. The first-order valence-electron chi connectivity index (χ1n) is 7.70. The Balaban J connectivity index is 2.05. The van der Waals surface area contributed by atoms with Crippen molar-refractivity contribution in [1.82, 2.24) is 10.3 Å². The van der Waals surface area contributed by atoms with E-state index in [0.29, 0.717) is 6.04 Å². The highest BCUT2D eigenvalue weighted by Gasteiger charge is 2.31. The van der Waals surface area contributed by atoms with Crippen molar-refractivity contribution in [3.8, 4) is 0 Å². The van der Waals surface area contributed by atoms with E-state index >= 15 is 0 Å². The summed E-state index contributed by atoms with van der Waals surface area (Å²) in [6.07, 6.45) is 7.42. The monoisotopic (exact) mass is 310 g/mol. The van der Waals surface area contributed by atoms with E-state index < -0.39 is 0 Å². The van der Waals surface area contributed by atoms with Gasteiger partial charge in [-0.05, 0) is 43.5 Å². The minimum atomic E-state index is 0.583. The van der Waals surface area contributed by atoms with E-state index in [4.69, 9.17) is 0 Å². The van der Waals surface area contributed by atoms with E-state index in [1.54, 1.807) is 0 Å². The van der Waals surface area contributed by atoms with Crippen LogP contribution in [-0.4, -0.2) is 39.6 Å². The molecule has 3 atom stereocenters. The van der Waals surface area contributed by atoms with Crippen molar-refractivity contribution in [2.75, 3.05) is 18.1 Å². The number of aromatic nitrogens is 1. The lowest BCUT2D eigenvalue weighted by Gasteiger charge is -2.36. The van der Waals surface area contributed by atoms with Gasteiger partial charge in [0.25, 0.3) is 0 Å². The summed E-state index contributed by atoms with van der Waals surface area (Å²) in [6, 6.07) is 4.89. The number of hydrogen-bond acceptors (Lipinski definition) is 4. The van der Waals surface area contributed by atoms with Gasteiger partial charge in [0.05, 0.1) is 0 Å². The van der Waals surface area contributed by atoms with Crippen molar-refractivity contribution in [2.45, 2.75) is 49.7 Å². The minimum absolute atomic E-state index is 0.583. The number of pyridine rings is 1. The molecule has 1 N–H and O–H groups in total. The molecule has 2 nitrogen and oxygen atoms in total. The summed E-state index contributed by atoms with van der Waals surface area (Å²) in [4.78, 5) is 4.13. The highest BCUT2D eigenvalue weighted by Crippen LogP contribution is 2.36. The normalized spacial score (nSPS) is 24.5. The molecule has 3 unspecified atom stereocenters. The quantitative estimate of drug-likeness (QED) is 0.831. The van der Waals surface area contributed by atoms with Gasteiger partial charge in [-0.1, -0.05) is 13.8 Å². The Kier molecular flexibility index (Phi) is 7.25. The van der Waals surface area contributed by atoms with E-state index in [-0.39, 0.29) is 0 Å². The molecule has 1 aromatic rings. The largest absolute Gasteiger partial charge is 0.313 e. The average Bonchev–Trinajstić information content (AvgIpc) is 2.52. The van der Waals surface area contributed by atoms with E-state index in [9.17, 15) is 0 Å². The maximum Gasteiger partial charge on any atom is 0.0323 e. The fourth-order valence-corrected chi connectivity index (χ4v) is 5.98. The van der Waals surface area contributed by atoms with Crippen molar-refractivity contribution in [3.63, 3.8) is 0 Å². The van der Waals surface area contributed by atoms with Gasteiger partial charge in [-0.15, -0.1) is 0 Å². The van der Waals surface area contributed by atoms with Gasteiger partial charge in [-0.25, -0.2) is 0 Å². The molecule has 0 saturated carbocycles. The maximum absolute atomic E-state index is 4.13. The van der Waals surface area contributed by atoms with Gasteiger partial charge in [-0.3, -0.25) is 4.98 Å². The summed E-state index contributed by atoms with van der Waals surface area (Å²) in [7, 11) is 0. The zero-order chi connectivity index (χ0) is 14.2. The zero-order valence-electron chi connectivity index (χ0n) is 12.5. The molecule has 0 spiro atoms. The smallest absolute Gasteiger partial charge is 0.0323 e. The Morgan fingerprint density at radius 1 is 1.25 bits per heavy atom. The molecular formula is C16H26N2S2. The van der Waals surface area contributed by atoms with Crippen molar-refractivity contribution in [1.29, 1.82) is 0 Å². The van der Waals surface area contributed by atoms with Crippen LogP contribution in [0.3, 0.4) is 0 Å². The molecule has 0 bridgehead atoms. The van der Waals surface area contributed by atoms with Crippen LogP contribution in [0.1, 0.15) is 32.3 Å². The molecule has 1 fully saturated rings.